The van der Waals surface area contributed by atoms with Crippen molar-refractivity contribution < 1.29 is 23.6 Å². The average molecular weight is 526 g/mol. The van der Waals surface area contributed by atoms with Crippen LogP contribution in [0.3, 0.4) is 0 Å². The lowest BCUT2D eigenvalue weighted by atomic mass is 10.1. The Morgan fingerprint density at radius 2 is 1.95 bits per heavy atom. The molecule has 0 aliphatic carbocycles. The van der Waals surface area contributed by atoms with Gasteiger partial charge in [0.15, 0.2) is 0 Å². The van der Waals surface area contributed by atoms with Crippen LogP contribution in [0.4, 0.5) is 21.5 Å². The maximum atomic E-state index is 14.0. The van der Waals surface area contributed by atoms with Crippen LogP contribution in [0, 0.1) is 5.82 Å². The summed E-state index contributed by atoms with van der Waals surface area (Å²) in [5, 5.41) is 20.2. The van der Waals surface area contributed by atoms with Crippen molar-refractivity contribution in [2.45, 2.75) is 6.42 Å². The largest absolute Gasteiger partial charge is 0.593 e. The van der Waals surface area contributed by atoms with E-state index in [4.69, 9.17) is 4.74 Å². The second kappa shape index (κ2) is 11.5. The van der Waals surface area contributed by atoms with E-state index in [9.17, 15) is 18.8 Å². The van der Waals surface area contributed by atoms with Gasteiger partial charge < -0.3 is 25.0 Å². The van der Waals surface area contributed by atoms with Gasteiger partial charge in [0, 0.05) is 24.7 Å². The summed E-state index contributed by atoms with van der Waals surface area (Å²) < 4.78 is 35.2. The number of halogens is 1. The molecule has 4 aromatic rings. The van der Waals surface area contributed by atoms with Crippen molar-refractivity contribution in [1.82, 2.24) is 15.1 Å². The Hall–Kier alpha value is -3.80. The summed E-state index contributed by atoms with van der Waals surface area (Å²) in [7, 11) is 3.04. The van der Waals surface area contributed by atoms with Crippen molar-refractivity contribution in [2.24, 2.45) is 0 Å². The molecule has 0 fully saturated rings. The number of rotatable bonds is 10. The number of aromatic nitrogens is 2. The number of hydrogen-bond acceptors (Lipinski definition) is 7. The Bertz CT molecular complexity index is 1390. The first-order valence-electron chi connectivity index (χ1n) is 11.5. The molecule has 4 rings (SSSR count). The van der Waals surface area contributed by atoms with Gasteiger partial charge in [0.1, 0.15) is 29.2 Å². The summed E-state index contributed by atoms with van der Waals surface area (Å²) in [6, 6.07) is 16.9. The molecule has 194 valence electrons. The quantitative estimate of drug-likeness (QED) is 0.270. The first-order chi connectivity index (χ1) is 17.9. The van der Waals surface area contributed by atoms with Crippen LogP contribution in [-0.4, -0.2) is 58.9 Å². The van der Waals surface area contributed by atoms with Crippen LogP contribution in [0.1, 0.15) is 16.9 Å². The van der Waals surface area contributed by atoms with Crippen LogP contribution in [0.2, 0.25) is 0 Å². The van der Waals surface area contributed by atoms with E-state index in [1.807, 2.05) is 0 Å². The number of methoxy groups -OCH3 is 1. The fourth-order valence-corrected chi connectivity index (χ4v) is 4.80. The van der Waals surface area contributed by atoms with Crippen LogP contribution < -0.4 is 19.7 Å². The molecule has 1 unspecified atom stereocenters. The number of carbonyl (C=O) groups is 1. The lowest BCUT2D eigenvalue weighted by Gasteiger charge is -2.25. The molecule has 37 heavy (non-hydrogen) atoms. The van der Waals surface area contributed by atoms with Gasteiger partial charge in [-0.3, -0.25) is 4.79 Å². The number of carbonyl (C=O) groups excluding carboxylic acids is 1. The maximum Gasteiger partial charge on any atom is 0.270 e. The molecule has 0 aliphatic heterocycles. The Morgan fingerprint density at radius 3 is 2.57 bits per heavy atom. The molecule has 1 aromatic heterocycles. The van der Waals surface area contributed by atoms with Crippen molar-refractivity contribution in [3.8, 4) is 11.4 Å². The van der Waals surface area contributed by atoms with Gasteiger partial charge in [0.05, 0.1) is 41.9 Å². The van der Waals surface area contributed by atoms with Crippen LogP contribution in [-0.2, 0) is 11.4 Å². The number of aliphatic hydroxyl groups is 1. The highest BCUT2D eigenvalue weighted by Crippen LogP contribution is 2.36. The van der Waals surface area contributed by atoms with Crippen LogP contribution >= 0.6 is 0 Å². The highest BCUT2D eigenvalue weighted by Gasteiger charge is 2.25. The fourth-order valence-electron chi connectivity index (χ4n) is 3.99. The highest BCUT2D eigenvalue weighted by atomic mass is 32.2. The molecule has 0 saturated heterocycles. The van der Waals surface area contributed by atoms with E-state index in [-0.39, 0.29) is 18.3 Å². The minimum atomic E-state index is -1.38. The van der Waals surface area contributed by atoms with Gasteiger partial charge in [-0.1, -0.05) is 12.1 Å². The molecule has 11 heteroatoms. The molecule has 3 aromatic carbocycles. The normalized spacial score (nSPS) is 11.8. The van der Waals surface area contributed by atoms with Crippen molar-refractivity contribution >= 4 is 45.2 Å². The van der Waals surface area contributed by atoms with Gasteiger partial charge in [-0.05, 0) is 55.0 Å². The van der Waals surface area contributed by atoms with Gasteiger partial charge >= 0.3 is 0 Å². The van der Waals surface area contributed by atoms with Crippen molar-refractivity contribution in [3.05, 3.63) is 72.2 Å². The third-order valence-electron chi connectivity index (χ3n) is 5.78. The van der Waals surface area contributed by atoms with Gasteiger partial charge in [-0.25, -0.2) is 9.07 Å². The summed E-state index contributed by atoms with van der Waals surface area (Å²) in [6.45, 7) is 0.302. The fraction of sp³-hybridized carbons (Fsp3) is 0.231. The molecule has 1 amide bonds. The van der Waals surface area contributed by atoms with E-state index < -0.39 is 11.4 Å². The zero-order chi connectivity index (χ0) is 26.5. The number of nitrogens with one attached hydrogen (secondary N) is 2. The summed E-state index contributed by atoms with van der Waals surface area (Å²) in [6.07, 6.45) is 1.97. The Labute approximate surface area is 217 Å². The summed E-state index contributed by atoms with van der Waals surface area (Å²) in [5.41, 5.74) is 2.98. The van der Waals surface area contributed by atoms with Gasteiger partial charge in [0.2, 0.25) is 0 Å². The number of amides is 1. The number of aliphatic hydroxyl groups excluding tert-OH is 1. The standard InChI is InChI=1S/C26H28FN5O4S/c1-28-26(34)25-19-15-24(36-2)23(31(37(3)35)13-6-14-33)16-22(19)30-32(25)18-11-9-17(10-12-18)29-21-8-5-4-7-20(21)27/h4-5,7-12,15-16,29,33H,6,13-14H2,1-3H3,(H,28,34). The summed E-state index contributed by atoms with van der Waals surface area (Å²) in [5.74, 6) is -0.283. The summed E-state index contributed by atoms with van der Waals surface area (Å²) >= 11 is -1.38. The predicted molar refractivity (Wildman–Crippen MR) is 144 cm³/mol. The highest BCUT2D eigenvalue weighted by molar-refractivity contribution is 7.92. The monoisotopic (exact) mass is 525 g/mol. The molecule has 0 saturated carbocycles. The predicted octanol–water partition coefficient (Wildman–Crippen LogP) is 3.76. The molecule has 0 spiro atoms. The van der Waals surface area contributed by atoms with E-state index in [0.717, 1.165) is 0 Å². The van der Waals surface area contributed by atoms with E-state index in [1.54, 1.807) is 65.2 Å². The number of nitrogens with zero attached hydrogens (tertiary/aromatic N) is 3. The molecule has 0 bridgehead atoms. The van der Waals surface area contributed by atoms with E-state index in [1.165, 1.54) is 24.9 Å². The molecule has 1 atom stereocenters. The number of ether oxygens (including phenoxy) is 1. The lowest BCUT2D eigenvalue weighted by molar-refractivity contribution is 0.0957. The third kappa shape index (κ3) is 5.48. The Morgan fingerprint density at radius 1 is 1.22 bits per heavy atom. The molecule has 1 heterocycles. The minimum absolute atomic E-state index is 0.0462. The third-order valence-corrected chi connectivity index (χ3v) is 6.78. The number of fused-ring (bicyclic) bond motifs is 1. The van der Waals surface area contributed by atoms with E-state index in [2.05, 4.69) is 15.7 Å². The lowest BCUT2D eigenvalue weighted by Crippen LogP contribution is -2.31. The Kier molecular flexibility index (Phi) is 8.17. The zero-order valence-corrected chi connectivity index (χ0v) is 21.5. The molecule has 9 nitrogen and oxygen atoms in total. The van der Waals surface area contributed by atoms with Gasteiger partial charge in [0.25, 0.3) is 5.91 Å². The van der Waals surface area contributed by atoms with Gasteiger partial charge in [-0.15, -0.1) is 0 Å². The number of benzene rings is 3. The van der Waals surface area contributed by atoms with E-state index in [0.29, 0.717) is 58.1 Å². The summed E-state index contributed by atoms with van der Waals surface area (Å²) in [4.78, 5) is 12.9. The van der Waals surface area contributed by atoms with Crippen molar-refractivity contribution in [1.29, 1.82) is 0 Å². The number of para-hydroxylation sites is 1. The first-order valence-corrected chi connectivity index (χ1v) is 13.1. The van der Waals surface area contributed by atoms with Crippen molar-refractivity contribution in [2.75, 3.05) is 43.2 Å². The molecular formula is C26H28FN5O4S. The first kappa shape index (κ1) is 26.3. The average Bonchev–Trinajstić information content (AvgIpc) is 3.27. The minimum Gasteiger partial charge on any atom is -0.593 e. The molecule has 0 radical (unpaired) electrons. The van der Waals surface area contributed by atoms with Crippen molar-refractivity contribution in [3.63, 3.8) is 0 Å². The molecule has 3 N–H and O–H groups in total. The zero-order valence-electron chi connectivity index (χ0n) is 20.7. The van der Waals surface area contributed by atoms with Crippen LogP contribution in [0.5, 0.6) is 5.75 Å². The second-order valence-electron chi connectivity index (χ2n) is 8.14. The second-order valence-corrected chi connectivity index (χ2v) is 9.42. The smallest absolute Gasteiger partial charge is 0.270 e. The number of hydrogen-bond donors (Lipinski definition) is 3. The van der Waals surface area contributed by atoms with Crippen LogP contribution in [0.15, 0.2) is 60.7 Å². The molecular weight excluding hydrogens is 497 g/mol. The SMILES string of the molecule is CNC(=O)c1c2cc(OC)c(N(CCCO)[S+](C)[O-])cc2nn1-c1ccc(Nc2ccccc2F)cc1. The van der Waals surface area contributed by atoms with Crippen LogP contribution in [0.25, 0.3) is 16.6 Å². The number of anilines is 3. The Balaban J connectivity index is 1.79. The van der Waals surface area contributed by atoms with E-state index >= 15 is 0 Å². The maximum absolute atomic E-state index is 14.0. The topological polar surface area (TPSA) is 115 Å². The van der Waals surface area contributed by atoms with Gasteiger partial charge in [-0.2, -0.15) is 9.40 Å². The molecule has 0 aliphatic rings.